The van der Waals surface area contributed by atoms with E-state index in [1.165, 1.54) is 12.8 Å². The van der Waals surface area contributed by atoms with Gasteiger partial charge < -0.3 is 15.5 Å². The molecule has 0 amide bonds. The number of rotatable bonds is 5. The molecule has 78 valence electrons. The Balaban J connectivity index is 2.17. The Hall–Kier alpha value is -0.120. The number of hydrogen-bond donors (Lipinski definition) is 3. The van der Waals surface area contributed by atoms with Crippen molar-refractivity contribution in [2.24, 2.45) is 11.3 Å². The van der Waals surface area contributed by atoms with Crippen LogP contribution in [0.2, 0.25) is 0 Å². The average Bonchev–Trinajstić information content (AvgIpc) is 2.10. The van der Waals surface area contributed by atoms with Crippen LogP contribution in [0.3, 0.4) is 0 Å². The maximum absolute atomic E-state index is 9.04. The van der Waals surface area contributed by atoms with Crippen molar-refractivity contribution in [3.8, 4) is 0 Å². The lowest BCUT2D eigenvalue weighted by atomic mass is 9.81. The summed E-state index contributed by atoms with van der Waals surface area (Å²) >= 11 is 0. The van der Waals surface area contributed by atoms with Gasteiger partial charge in [-0.15, -0.1) is 0 Å². The van der Waals surface area contributed by atoms with Crippen molar-refractivity contribution in [3.63, 3.8) is 0 Å². The fraction of sp³-hybridized carbons (Fsp3) is 1.00. The molecule has 1 aliphatic carbocycles. The second kappa shape index (κ2) is 4.40. The molecule has 13 heavy (non-hydrogen) atoms. The standard InChI is InChI=1S/C10H21NO2/c1-8-3-9(4-8)11-5-10(2,6-12)7-13/h8-9,11-13H,3-7H2,1-2H3. The molecule has 0 heterocycles. The summed E-state index contributed by atoms with van der Waals surface area (Å²) in [5.74, 6) is 0.840. The fourth-order valence-electron chi connectivity index (χ4n) is 1.62. The number of hydrogen-bond acceptors (Lipinski definition) is 3. The van der Waals surface area contributed by atoms with Crippen molar-refractivity contribution in [1.82, 2.24) is 5.32 Å². The Morgan fingerprint density at radius 2 is 1.85 bits per heavy atom. The van der Waals surface area contributed by atoms with Crippen molar-refractivity contribution in [3.05, 3.63) is 0 Å². The van der Waals surface area contributed by atoms with E-state index in [1.807, 2.05) is 6.92 Å². The van der Waals surface area contributed by atoms with Gasteiger partial charge in [0.05, 0.1) is 13.2 Å². The second-order valence-corrected chi connectivity index (χ2v) is 4.78. The summed E-state index contributed by atoms with van der Waals surface area (Å²) in [6.07, 6.45) is 2.46. The van der Waals surface area contributed by atoms with E-state index in [9.17, 15) is 0 Å². The molecule has 0 radical (unpaired) electrons. The molecule has 1 rings (SSSR count). The smallest absolute Gasteiger partial charge is 0.0518 e. The SMILES string of the molecule is CC1CC(NCC(C)(CO)CO)C1. The van der Waals surface area contributed by atoms with Crippen LogP contribution >= 0.6 is 0 Å². The molecule has 3 nitrogen and oxygen atoms in total. The van der Waals surface area contributed by atoms with E-state index in [4.69, 9.17) is 10.2 Å². The Bertz CT molecular complexity index is 151. The van der Waals surface area contributed by atoms with Crippen molar-refractivity contribution < 1.29 is 10.2 Å². The van der Waals surface area contributed by atoms with Crippen LogP contribution in [0.25, 0.3) is 0 Å². The summed E-state index contributed by atoms with van der Waals surface area (Å²) in [5.41, 5.74) is -0.362. The van der Waals surface area contributed by atoms with Gasteiger partial charge in [0.15, 0.2) is 0 Å². The Morgan fingerprint density at radius 3 is 2.23 bits per heavy atom. The summed E-state index contributed by atoms with van der Waals surface area (Å²) in [6, 6.07) is 0.604. The predicted molar refractivity (Wildman–Crippen MR) is 52.5 cm³/mol. The molecule has 1 saturated carbocycles. The quantitative estimate of drug-likeness (QED) is 0.582. The molecule has 0 unspecified atom stereocenters. The normalized spacial score (nSPS) is 28.6. The second-order valence-electron chi connectivity index (χ2n) is 4.78. The molecule has 3 heteroatoms. The first-order valence-electron chi connectivity index (χ1n) is 5.05. The lowest BCUT2D eigenvalue weighted by Gasteiger charge is -2.36. The molecule has 0 saturated heterocycles. The van der Waals surface area contributed by atoms with Gasteiger partial charge in [-0.2, -0.15) is 0 Å². The van der Waals surface area contributed by atoms with Gasteiger partial charge in [0.1, 0.15) is 0 Å². The van der Waals surface area contributed by atoms with Crippen LogP contribution < -0.4 is 5.32 Å². The van der Waals surface area contributed by atoms with Gasteiger partial charge >= 0.3 is 0 Å². The number of aliphatic hydroxyl groups is 2. The van der Waals surface area contributed by atoms with Crippen LogP contribution in [0.5, 0.6) is 0 Å². The molecule has 1 aliphatic rings. The first-order chi connectivity index (χ1) is 6.09. The fourth-order valence-corrected chi connectivity index (χ4v) is 1.62. The Kier molecular flexibility index (Phi) is 3.71. The lowest BCUT2D eigenvalue weighted by molar-refractivity contribution is 0.0615. The van der Waals surface area contributed by atoms with E-state index >= 15 is 0 Å². The molecule has 0 aromatic carbocycles. The van der Waals surface area contributed by atoms with Crippen LogP contribution in [0.1, 0.15) is 26.7 Å². The third-order valence-corrected chi connectivity index (χ3v) is 2.95. The van der Waals surface area contributed by atoms with Crippen LogP contribution in [-0.2, 0) is 0 Å². The van der Waals surface area contributed by atoms with E-state index in [0.717, 1.165) is 5.92 Å². The molecule has 1 fully saturated rings. The third-order valence-electron chi connectivity index (χ3n) is 2.95. The molecule has 0 bridgehead atoms. The third kappa shape index (κ3) is 2.93. The lowest BCUT2D eigenvalue weighted by Crippen LogP contribution is -2.47. The maximum Gasteiger partial charge on any atom is 0.0518 e. The van der Waals surface area contributed by atoms with Gasteiger partial charge in [0.2, 0.25) is 0 Å². The van der Waals surface area contributed by atoms with Gasteiger partial charge in [-0.1, -0.05) is 13.8 Å². The van der Waals surface area contributed by atoms with E-state index in [1.54, 1.807) is 0 Å². The molecular weight excluding hydrogens is 166 g/mol. The minimum absolute atomic E-state index is 0.0404. The zero-order chi connectivity index (χ0) is 9.90. The van der Waals surface area contributed by atoms with Crippen LogP contribution in [0, 0.1) is 11.3 Å². The van der Waals surface area contributed by atoms with Gasteiger partial charge in [0.25, 0.3) is 0 Å². The topological polar surface area (TPSA) is 52.5 Å². The van der Waals surface area contributed by atoms with Crippen molar-refractivity contribution in [1.29, 1.82) is 0 Å². The number of nitrogens with one attached hydrogen (secondary N) is 1. The molecule has 0 spiro atoms. The summed E-state index contributed by atoms with van der Waals surface area (Å²) in [5, 5.41) is 21.5. The highest BCUT2D eigenvalue weighted by atomic mass is 16.3. The largest absolute Gasteiger partial charge is 0.396 e. The molecule has 0 atom stereocenters. The zero-order valence-corrected chi connectivity index (χ0v) is 8.58. The highest BCUT2D eigenvalue weighted by Crippen LogP contribution is 2.27. The first kappa shape index (κ1) is 11.0. The van der Waals surface area contributed by atoms with Crippen LogP contribution in [-0.4, -0.2) is 36.0 Å². The van der Waals surface area contributed by atoms with Crippen LogP contribution in [0.15, 0.2) is 0 Å². The summed E-state index contributed by atoms with van der Waals surface area (Å²) in [7, 11) is 0. The predicted octanol–water partition coefficient (Wildman–Crippen LogP) is 0.365. The summed E-state index contributed by atoms with van der Waals surface area (Å²) < 4.78 is 0. The molecule has 0 aromatic heterocycles. The average molecular weight is 187 g/mol. The molecule has 0 aromatic rings. The van der Waals surface area contributed by atoms with Crippen molar-refractivity contribution >= 4 is 0 Å². The Labute approximate surface area is 80.2 Å². The zero-order valence-electron chi connectivity index (χ0n) is 8.58. The van der Waals surface area contributed by atoms with E-state index in [2.05, 4.69) is 12.2 Å². The summed E-state index contributed by atoms with van der Waals surface area (Å²) in [6.45, 7) is 4.92. The summed E-state index contributed by atoms with van der Waals surface area (Å²) in [4.78, 5) is 0. The van der Waals surface area contributed by atoms with Gasteiger partial charge in [-0.05, 0) is 18.8 Å². The minimum atomic E-state index is -0.362. The molecule has 0 aliphatic heterocycles. The van der Waals surface area contributed by atoms with E-state index in [0.29, 0.717) is 12.6 Å². The van der Waals surface area contributed by atoms with Gasteiger partial charge in [-0.25, -0.2) is 0 Å². The van der Waals surface area contributed by atoms with Gasteiger partial charge in [-0.3, -0.25) is 0 Å². The highest BCUT2D eigenvalue weighted by Gasteiger charge is 2.28. The van der Waals surface area contributed by atoms with E-state index < -0.39 is 0 Å². The first-order valence-corrected chi connectivity index (χ1v) is 5.05. The maximum atomic E-state index is 9.04. The van der Waals surface area contributed by atoms with Crippen molar-refractivity contribution in [2.75, 3.05) is 19.8 Å². The molecular formula is C10H21NO2. The van der Waals surface area contributed by atoms with Gasteiger partial charge in [0, 0.05) is 18.0 Å². The molecule has 3 N–H and O–H groups in total. The number of aliphatic hydroxyl groups excluding tert-OH is 2. The van der Waals surface area contributed by atoms with Crippen LogP contribution in [0.4, 0.5) is 0 Å². The monoisotopic (exact) mass is 187 g/mol. The van der Waals surface area contributed by atoms with Crippen molar-refractivity contribution in [2.45, 2.75) is 32.7 Å². The Morgan fingerprint density at radius 1 is 1.31 bits per heavy atom. The highest BCUT2D eigenvalue weighted by molar-refractivity contribution is 4.85. The van der Waals surface area contributed by atoms with E-state index in [-0.39, 0.29) is 18.6 Å². The minimum Gasteiger partial charge on any atom is -0.396 e.